The Kier molecular flexibility index (Phi) is 4.48. The van der Waals surface area contributed by atoms with E-state index in [9.17, 15) is 4.79 Å². The Bertz CT molecular complexity index is 827. The van der Waals surface area contributed by atoms with Gasteiger partial charge in [-0.15, -0.1) is 11.3 Å². The predicted octanol–water partition coefficient (Wildman–Crippen LogP) is 3.75. The van der Waals surface area contributed by atoms with Crippen molar-refractivity contribution in [3.8, 4) is 10.6 Å². The fourth-order valence-electron chi connectivity index (χ4n) is 2.17. The molecular weight excluding hydrogens is 306 g/mol. The molecule has 0 saturated heterocycles. The van der Waals surface area contributed by atoms with E-state index in [2.05, 4.69) is 15.3 Å². The van der Waals surface area contributed by atoms with E-state index in [1.54, 1.807) is 23.7 Å². The Balaban J connectivity index is 1.65. The molecule has 116 valence electrons. The summed E-state index contributed by atoms with van der Waals surface area (Å²) in [6, 6.07) is 9.58. The van der Waals surface area contributed by atoms with Gasteiger partial charge >= 0.3 is 0 Å². The van der Waals surface area contributed by atoms with Crippen molar-refractivity contribution >= 4 is 17.2 Å². The fraction of sp³-hybridized carbons (Fsp3) is 0.167. The highest BCUT2D eigenvalue weighted by atomic mass is 32.1. The summed E-state index contributed by atoms with van der Waals surface area (Å²) >= 11 is 1.56. The number of pyridine rings is 1. The topological polar surface area (TPSA) is 54.9 Å². The third-order valence-corrected chi connectivity index (χ3v) is 4.62. The monoisotopic (exact) mass is 323 g/mol. The molecule has 2 heterocycles. The standard InChI is InChI=1S/C18H17N3OS/c1-12-3-4-15(9-13(12)2)17(22)20-10-16-11-23-18(21-16)14-5-7-19-8-6-14/h3-9,11H,10H2,1-2H3,(H,20,22). The van der Waals surface area contributed by atoms with Crippen molar-refractivity contribution in [2.45, 2.75) is 20.4 Å². The number of aryl methyl sites for hydroxylation is 2. The van der Waals surface area contributed by atoms with Crippen LogP contribution in [0.15, 0.2) is 48.1 Å². The molecule has 1 N–H and O–H groups in total. The molecule has 0 bridgehead atoms. The zero-order valence-electron chi connectivity index (χ0n) is 13.0. The summed E-state index contributed by atoms with van der Waals surface area (Å²) in [7, 11) is 0. The smallest absolute Gasteiger partial charge is 0.251 e. The molecule has 0 saturated carbocycles. The van der Waals surface area contributed by atoms with E-state index in [1.165, 1.54) is 5.56 Å². The Hall–Kier alpha value is -2.53. The molecule has 0 aliphatic rings. The van der Waals surface area contributed by atoms with Gasteiger partial charge in [0.25, 0.3) is 5.91 Å². The van der Waals surface area contributed by atoms with Gasteiger partial charge in [0.1, 0.15) is 5.01 Å². The summed E-state index contributed by atoms with van der Waals surface area (Å²) in [5.74, 6) is -0.0773. The zero-order valence-corrected chi connectivity index (χ0v) is 13.9. The molecule has 0 spiro atoms. The third-order valence-electron chi connectivity index (χ3n) is 3.68. The minimum atomic E-state index is -0.0773. The van der Waals surface area contributed by atoms with Crippen molar-refractivity contribution < 1.29 is 4.79 Å². The summed E-state index contributed by atoms with van der Waals surface area (Å²) in [5, 5.41) is 5.82. The van der Waals surface area contributed by atoms with E-state index < -0.39 is 0 Å². The van der Waals surface area contributed by atoms with Crippen LogP contribution in [-0.2, 0) is 6.54 Å². The summed E-state index contributed by atoms with van der Waals surface area (Å²) in [6.07, 6.45) is 3.50. The van der Waals surface area contributed by atoms with Crippen LogP contribution in [0.2, 0.25) is 0 Å². The second-order valence-electron chi connectivity index (χ2n) is 5.36. The molecule has 0 aliphatic carbocycles. The van der Waals surface area contributed by atoms with Crippen molar-refractivity contribution in [2.75, 3.05) is 0 Å². The van der Waals surface area contributed by atoms with Crippen molar-refractivity contribution in [1.29, 1.82) is 0 Å². The van der Waals surface area contributed by atoms with Crippen molar-refractivity contribution in [3.05, 3.63) is 70.5 Å². The average molecular weight is 323 g/mol. The summed E-state index contributed by atoms with van der Waals surface area (Å²) in [4.78, 5) is 20.8. The molecule has 1 amide bonds. The fourth-order valence-corrected chi connectivity index (χ4v) is 3.00. The van der Waals surface area contributed by atoms with Gasteiger partial charge in [-0.3, -0.25) is 9.78 Å². The minimum absolute atomic E-state index is 0.0773. The molecule has 0 fully saturated rings. The Morgan fingerprint density at radius 1 is 1.13 bits per heavy atom. The molecule has 3 aromatic rings. The van der Waals surface area contributed by atoms with Gasteiger partial charge in [-0.05, 0) is 49.2 Å². The highest BCUT2D eigenvalue weighted by molar-refractivity contribution is 7.13. The number of nitrogens with zero attached hydrogens (tertiary/aromatic N) is 2. The molecular formula is C18H17N3OS. The predicted molar refractivity (Wildman–Crippen MR) is 92.4 cm³/mol. The number of carbonyl (C=O) groups is 1. The molecule has 2 aromatic heterocycles. The average Bonchev–Trinajstić information content (AvgIpc) is 3.05. The lowest BCUT2D eigenvalue weighted by Gasteiger charge is -2.06. The first-order chi connectivity index (χ1) is 11.1. The van der Waals surface area contributed by atoms with Crippen LogP contribution in [0.1, 0.15) is 27.2 Å². The highest BCUT2D eigenvalue weighted by Gasteiger charge is 2.09. The highest BCUT2D eigenvalue weighted by Crippen LogP contribution is 2.22. The summed E-state index contributed by atoms with van der Waals surface area (Å²) < 4.78 is 0. The number of nitrogens with one attached hydrogen (secondary N) is 1. The molecule has 0 unspecified atom stereocenters. The van der Waals surface area contributed by atoms with Crippen LogP contribution in [-0.4, -0.2) is 15.9 Å². The van der Waals surface area contributed by atoms with Gasteiger partial charge < -0.3 is 5.32 Å². The van der Waals surface area contributed by atoms with Gasteiger partial charge in [-0.25, -0.2) is 4.98 Å². The van der Waals surface area contributed by atoms with Crippen molar-refractivity contribution in [1.82, 2.24) is 15.3 Å². The van der Waals surface area contributed by atoms with Gasteiger partial charge in [-0.2, -0.15) is 0 Å². The number of carbonyl (C=O) groups excluding carboxylic acids is 1. The van der Waals surface area contributed by atoms with Crippen LogP contribution in [0.5, 0.6) is 0 Å². The largest absolute Gasteiger partial charge is 0.346 e. The second kappa shape index (κ2) is 6.71. The summed E-state index contributed by atoms with van der Waals surface area (Å²) in [6.45, 7) is 4.47. The Morgan fingerprint density at radius 3 is 2.65 bits per heavy atom. The Labute approximate surface area is 139 Å². The molecule has 23 heavy (non-hydrogen) atoms. The van der Waals surface area contributed by atoms with Crippen LogP contribution in [0, 0.1) is 13.8 Å². The second-order valence-corrected chi connectivity index (χ2v) is 6.22. The van der Waals surface area contributed by atoms with Gasteiger partial charge in [0.2, 0.25) is 0 Å². The quantitative estimate of drug-likeness (QED) is 0.795. The van der Waals surface area contributed by atoms with E-state index in [4.69, 9.17) is 0 Å². The number of hydrogen-bond donors (Lipinski definition) is 1. The maximum absolute atomic E-state index is 12.2. The van der Waals surface area contributed by atoms with Crippen LogP contribution < -0.4 is 5.32 Å². The first-order valence-corrected chi connectivity index (χ1v) is 8.22. The SMILES string of the molecule is Cc1ccc(C(=O)NCc2csc(-c3ccncc3)n2)cc1C. The number of amides is 1. The van der Waals surface area contributed by atoms with Gasteiger partial charge in [0.05, 0.1) is 12.2 Å². The number of benzene rings is 1. The Morgan fingerprint density at radius 2 is 1.91 bits per heavy atom. The first kappa shape index (κ1) is 15.4. The van der Waals surface area contributed by atoms with E-state index in [0.29, 0.717) is 12.1 Å². The van der Waals surface area contributed by atoms with E-state index in [1.807, 2.05) is 49.6 Å². The van der Waals surface area contributed by atoms with Crippen molar-refractivity contribution in [2.24, 2.45) is 0 Å². The molecule has 0 radical (unpaired) electrons. The van der Waals surface area contributed by atoms with Crippen LogP contribution in [0.25, 0.3) is 10.6 Å². The maximum atomic E-state index is 12.2. The maximum Gasteiger partial charge on any atom is 0.251 e. The molecule has 3 rings (SSSR count). The lowest BCUT2D eigenvalue weighted by molar-refractivity contribution is 0.0950. The molecule has 0 aliphatic heterocycles. The lowest BCUT2D eigenvalue weighted by atomic mass is 10.1. The lowest BCUT2D eigenvalue weighted by Crippen LogP contribution is -2.23. The third kappa shape index (κ3) is 3.63. The normalized spacial score (nSPS) is 10.5. The van der Waals surface area contributed by atoms with Crippen LogP contribution in [0.3, 0.4) is 0 Å². The molecule has 5 heteroatoms. The van der Waals surface area contributed by atoms with Gasteiger partial charge in [0, 0.05) is 28.9 Å². The van der Waals surface area contributed by atoms with Crippen LogP contribution >= 0.6 is 11.3 Å². The van der Waals surface area contributed by atoms with Gasteiger partial charge in [-0.1, -0.05) is 6.07 Å². The van der Waals surface area contributed by atoms with E-state index >= 15 is 0 Å². The first-order valence-electron chi connectivity index (χ1n) is 7.34. The van der Waals surface area contributed by atoms with Crippen LogP contribution in [0.4, 0.5) is 0 Å². The van der Waals surface area contributed by atoms with Gasteiger partial charge in [0.15, 0.2) is 0 Å². The zero-order chi connectivity index (χ0) is 16.2. The van der Waals surface area contributed by atoms with E-state index in [-0.39, 0.29) is 5.91 Å². The number of hydrogen-bond acceptors (Lipinski definition) is 4. The minimum Gasteiger partial charge on any atom is -0.346 e. The number of aromatic nitrogens is 2. The number of rotatable bonds is 4. The number of thiazole rings is 1. The molecule has 4 nitrogen and oxygen atoms in total. The molecule has 0 atom stereocenters. The summed E-state index contributed by atoms with van der Waals surface area (Å²) in [5.41, 5.74) is 4.88. The van der Waals surface area contributed by atoms with E-state index in [0.717, 1.165) is 21.8 Å². The molecule has 1 aromatic carbocycles. The van der Waals surface area contributed by atoms with Crippen molar-refractivity contribution in [3.63, 3.8) is 0 Å².